The maximum absolute atomic E-state index is 13.6. The molecule has 5 aliphatic rings. The van der Waals surface area contributed by atoms with E-state index in [4.69, 9.17) is 4.74 Å². The Kier molecular flexibility index (Phi) is 5.71. The van der Waals surface area contributed by atoms with Gasteiger partial charge in [0.25, 0.3) is 15.9 Å². The van der Waals surface area contributed by atoms with E-state index in [9.17, 15) is 18.0 Å². The van der Waals surface area contributed by atoms with Gasteiger partial charge in [-0.3, -0.25) is 13.9 Å². The monoisotopic (exact) mass is 520 g/mol. The van der Waals surface area contributed by atoms with Gasteiger partial charge in [0.15, 0.2) is 12.4 Å². The molecule has 4 aliphatic carbocycles. The zero-order valence-corrected chi connectivity index (χ0v) is 22.0. The van der Waals surface area contributed by atoms with Crippen LogP contribution in [0.15, 0.2) is 59.1 Å². The molecule has 0 unspecified atom stereocenters. The Morgan fingerprint density at radius 1 is 0.973 bits per heavy atom. The van der Waals surface area contributed by atoms with Gasteiger partial charge in [-0.25, -0.2) is 8.42 Å². The number of hydrogen-bond donors (Lipinski definition) is 1. The molecule has 2 aromatic carbocycles. The molecular formula is C29H32N2O5S. The van der Waals surface area contributed by atoms with Crippen LogP contribution in [0.1, 0.15) is 60.0 Å². The summed E-state index contributed by atoms with van der Waals surface area (Å²) in [5.74, 6) is 1.48. The van der Waals surface area contributed by atoms with E-state index >= 15 is 0 Å². The number of amides is 1. The number of fused-ring (bicyclic) bond motifs is 1. The van der Waals surface area contributed by atoms with Gasteiger partial charge >= 0.3 is 0 Å². The van der Waals surface area contributed by atoms with Crippen molar-refractivity contribution < 1.29 is 22.7 Å². The lowest BCUT2D eigenvalue weighted by atomic mass is 9.53. The predicted octanol–water partition coefficient (Wildman–Crippen LogP) is 4.28. The largest absolute Gasteiger partial charge is 0.481 e. The lowest BCUT2D eigenvalue weighted by Crippen LogP contribution is -2.60. The summed E-state index contributed by atoms with van der Waals surface area (Å²) in [5, 5.41) is 3.29. The summed E-state index contributed by atoms with van der Waals surface area (Å²) < 4.78 is 33.7. The smallest absolute Gasteiger partial charge is 0.265 e. The third-order valence-electron chi connectivity index (χ3n) is 8.62. The Hall–Kier alpha value is -3.13. The summed E-state index contributed by atoms with van der Waals surface area (Å²) >= 11 is 0. The molecule has 8 heteroatoms. The van der Waals surface area contributed by atoms with Gasteiger partial charge < -0.3 is 10.1 Å². The number of ether oxygens (including phenoxy) is 1. The van der Waals surface area contributed by atoms with Crippen molar-refractivity contribution in [2.45, 2.75) is 55.9 Å². The minimum atomic E-state index is -3.96. The molecule has 0 aromatic heterocycles. The van der Waals surface area contributed by atoms with E-state index in [0.717, 1.165) is 29.1 Å². The number of Topliss-reactive ketones (excluding diaryl/α,β-unsaturated/α-hetero) is 1. The summed E-state index contributed by atoms with van der Waals surface area (Å²) in [4.78, 5) is 26.9. The van der Waals surface area contributed by atoms with Crippen molar-refractivity contribution in [1.29, 1.82) is 0 Å². The second-order valence-corrected chi connectivity index (χ2v) is 13.3. The number of nitrogens with zero attached hydrogens (tertiary/aromatic N) is 1. The fraction of sp³-hybridized carbons (Fsp3) is 0.448. The molecule has 1 N–H and O–H groups in total. The number of ketones is 1. The molecule has 1 heterocycles. The maximum atomic E-state index is 13.6. The van der Waals surface area contributed by atoms with Crippen molar-refractivity contribution >= 4 is 27.5 Å². The number of carbonyl (C=O) groups excluding carboxylic acids is 2. The van der Waals surface area contributed by atoms with Crippen LogP contribution < -0.4 is 5.32 Å². The molecule has 7 rings (SSSR count). The van der Waals surface area contributed by atoms with Crippen LogP contribution in [0.3, 0.4) is 0 Å². The summed E-state index contributed by atoms with van der Waals surface area (Å²) in [6.45, 7) is 1.63. The molecule has 7 nitrogen and oxygen atoms in total. The van der Waals surface area contributed by atoms with Crippen LogP contribution in [0.25, 0.3) is 5.76 Å². The Bertz CT molecular complexity index is 1370. The number of aryl methyl sites for hydroxylation is 1. The van der Waals surface area contributed by atoms with E-state index in [1.165, 1.54) is 32.4 Å². The van der Waals surface area contributed by atoms with E-state index in [1.807, 2.05) is 6.92 Å². The highest BCUT2D eigenvalue weighted by molar-refractivity contribution is 7.89. The average molecular weight is 521 g/mol. The molecule has 1 aliphatic heterocycles. The van der Waals surface area contributed by atoms with Crippen LogP contribution in [0.2, 0.25) is 0 Å². The fourth-order valence-electron chi connectivity index (χ4n) is 7.38. The number of allylic oxidation sites excluding steroid dienone is 1. The minimum absolute atomic E-state index is 0.0504. The molecule has 0 atom stereocenters. The fourth-order valence-corrected chi connectivity index (χ4v) is 8.78. The first-order valence-electron chi connectivity index (χ1n) is 13.0. The maximum Gasteiger partial charge on any atom is 0.265 e. The summed E-state index contributed by atoms with van der Waals surface area (Å²) in [6.07, 6.45) is 6.90. The van der Waals surface area contributed by atoms with Gasteiger partial charge in [0.2, 0.25) is 5.78 Å². The number of likely N-dealkylation sites (N-methyl/N-ethyl adjacent to an activating group) is 1. The number of sulfonamides is 1. The molecule has 0 saturated heterocycles. The quantitative estimate of drug-likeness (QED) is 0.574. The lowest BCUT2D eigenvalue weighted by Gasteiger charge is -2.56. The van der Waals surface area contributed by atoms with Gasteiger partial charge in [-0.05, 0) is 75.3 Å². The predicted molar refractivity (Wildman–Crippen MR) is 139 cm³/mol. The lowest BCUT2D eigenvalue weighted by molar-refractivity contribution is -0.129. The van der Waals surface area contributed by atoms with E-state index in [-0.39, 0.29) is 34.4 Å². The van der Waals surface area contributed by atoms with Gasteiger partial charge in [0, 0.05) is 23.7 Å². The zero-order valence-electron chi connectivity index (χ0n) is 21.2. The molecule has 0 spiro atoms. The number of rotatable bonds is 6. The topological polar surface area (TPSA) is 92.8 Å². The first-order chi connectivity index (χ1) is 17.6. The molecular weight excluding hydrogens is 488 g/mol. The first kappa shape index (κ1) is 24.2. The third-order valence-corrected chi connectivity index (χ3v) is 10.4. The van der Waals surface area contributed by atoms with Crippen molar-refractivity contribution in [1.82, 2.24) is 9.62 Å². The van der Waals surface area contributed by atoms with E-state index < -0.39 is 15.8 Å². The van der Waals surface area contributed by atoms with Crippen LogP contribution in [0.4, 0.5) is 0 Å². The highest BCUT2D eigenvalue weighted by Crippen LogP contribution is 2.55. The van der Waals surface area contributed by atoms with Crippen molar-refractivity contribution in [3.63, 3.8) is 0 Å². The average Bonchev–Trinajstić information content (AvgIpc) is 2.84. The molecule has 2 aromatic rings. The molecule has 4 saturated carbocycles. The minimum Gasteiger partial charge on any atom is -0.481 e. The van der Waals surface area contributed by atoms with Gasteiger partial charge in [-0.15, -0.1) is 0 Å². The van der Waals surface area contributed by atoms with Crippen LogP contribution in [0, 0.1) is 24.7 Å². The molecule has 1 amide bonds. The number of nitrogens with one attached hydrogen (secondary N) is 1. The number of carbonyl (C=O) groups is 2. The molecule has 4 fully saturated rings. The van der Waals surface area contributed by atoms with E-state index in [1.54, 1.807) is 42.5 Å². The molecule has 0 radical (unpaired) electrons. The van der Waals surface area contributed by atoms with Crippen molar-refractivity contribution in [2.24, 2.45) is 17.8 Å². The Labute approximate surface area is 217 Å². The highest BCUT2D eigenvalue weighted by atomic mass is 32.2. The summed E-state index contributed by atoms with van der Waals surface area (Å²) in [7, 11) is -2.61. The zero-order chi connectivity index (χ0) is 25.9. The second kappa shape index (κ2) is 8.72. The van der Waals surface area contributed by atoms with Crippen molar-refractivity contribution in [3.8, 4) is 0 Å². The van der Waals surface area contributed by atoms with Gasteiger partial charge in [-0.1, -0.05) is 42.0 Å². The van der Waals surface area contributed by atoms with Crippen LogP contribution in [-0.4, -0.2) is 43.6 Å². The van der Waals surface area contributed by atoms with Crippen molar-refractivity contribution in [3.05, 3.63) is 70.9 Å². The Balaban J connectivity index is 1.31. The van der Waals surface area contributed by atoms with Gasteiger partial charge in [0.05, 0.1) is 4.90 Å². The molecule has 194 valence electrons. The summed E-state index contributed by atoms with van der Waals surface area (Å²) in [5.41, 5.74) is 1.37. The Morgan fingerprint density at radius 3 is 2.19 bits per heavy atom. The second-order valence-electron chi connectivity index (χ2n) is 11.4. The van der Waals surface area contributed by atoms with Crippen LogP contribution >= 0.6 is 0 Å². The van der Waals surface area contributed by atoms with Crippen molar-refractivity contribution in [2.75, 3.05) is 13.7 Å². The van der Waals surface area contributed by atoms with Crippen LogP contribution in [-0.2, 0) is 19.6 Å². The first-order valence-corrected chi connectivity index (χ1v) is 14.5. The molecule has 4 bridgehead atoms. The van der Waals surface area contributed by atoms with Crippen LogP contribution in [0.5, 0.6) is 0 Å². The molecule has 37 heavy (non-hydrogen) atoms. The number of hydrogen-bond acceptors (Lipinski definition) is 5. The Morgan fingerprint density at radius 2 is 1.57 bits per heavy atom. The number of benzene rings is 2. The summed E-state index contributed by atoms with van der Waals surface area (Å²) in [6, 6.07) is 13.4. The van der Waals surface area contributed by atoms with E-state index in [0.29, 0.717) is 28.9 Å². The normalized spacial score (nSPS) is 29.1. The standard InChI is InChI=1S/C29H32N2O5S/c1-18-7-9-22(10-8-18)27(33)26-28(23-5-3-4-6-24(23)37(34,35)31(26)2)36-17-25(32)30-29-14-19-11-20(15-29)13-21(12-19)16-29/h3-10,19-21H,11-17H2,1-2H3,(H,30,32). The van der Waals surface area contributed by atoms with Gasteiger partial charge in [0.1, 0.15) is 5.70 Å². The third kappa shape index (κ3) is 4.15. The highest BCUT2D eigenvalue weighted by Gasteiger charge is 2.51. The SMILES string of the molecule is Cc1ccc(C(=O)C2=C(OCC(=O)NC34CC5CC(CC(C5)C3)C4)c3ccccc3S(=O)(=O)N2C)cc1. The van der Waals surface area contributed by atoms with Gasteiger partial charge in [-0.2, -0.15) is 0 Å². The van der Waals surface area contributed by atoms with E-state index in [2.05, 4.69) is 5.32 Å².